The highest BCUT2D eigenvalue weighted by molar-refractivity contribution is 7.98. The maximum absolute atomic E-state index is 13.9. The van der Waals surface area contributed by atoms with Crippen LogP contribution in [0.25, 0.3) is 0 Å². The Bertz CT molecular complexity index is 1200. The molecule has 0 spiro atoms. The van der Waals surface area contributed by atoms with Crippen LogP contribution in [0.15, 0.2) is 88.7 Å². The van der Waals surface area contributed by atoms with Gasteiger partial charge in [0, 0.05) is 31.1 Å². The fraction of sp³-hybridized carbons (Fsp3) is 0.321. The Hall–Kier alpha value is -2.61. The molecule has 0 saturated carbocycles. The van der Waals surface area contributed by atoms with Crippen molar-refractivity contribution in [3.05, 3.63) is 95.6 Å². The molecular weight excluding hydrogens is 476 g/mol. The third-order valence-electron chi connectivity index (χ3n) is 6.51. The van der Waals surface area contributed by atoms with Crippen LogP contribution in [0.2, 0.25) is 0 Å². The molecule has 1 aliphatic heterocycles. The van der Waals surface area contributed by atoms with Crippen LogP contribution in [0.5, 0.6) is 0 Å². The lowest BCUT2D eigenvalue weighted by molar-refractivity contribution is 0.0693. The number of piperidine rings is 1. The molecule has 1 heterocycles. The monoisotopic (exact) mass is 508 g/mol. The second kappa shape index (κ2) is 11.4. The molecule has 4 rings (SSSR count). The van der Waals surface area contributed by atoms with Gasteiger partial charge in [-0.1, -0.05) is 67.6 Å². The first-order chi connectivity index (χ1) is 16.9. The number of hydrogen-bond donors (Lipinski definition) is 0. The second-order valence-electron chi connectivity index (χ2n) is 9.08. The van der Waals surface area contributed by atoms with Gasteiger partial charge in [-0.15, -0.1) is 11.8 Å². The molecule has 0 aliphatic carbocycles. The van der Waals surface area contributed by atoms with Crippen molar-refractivity contribution >= 4 is 27.7 Å². The molecule has 0 unspecified atom stereocenters. The van der Waals surface area contributed by atoms with E-state index in [0.29, 0.717) is 24.6 Å². The first-order valence-electron chi connectivity index (χ1n) is 11.9. The minimum atomic E-state index is -3.86. The molecule has 3 aromatic rings. The molecule has 184 valence electrons. The fourth-order valence-electron chi connectivity index (χ4n) is 4.35. The zero-order valence-electron chi connectivity index (χ0n) is 20.3. The highest BCUT2D eigenvalue weighted by atomic mass is 32.2. The highest BCUT2D eigenvalue weighted by Gasteiger charge is 2.29. The van der Waals surface area contributed by atoms with Crippen molar-refractivity contribution in [2.75, 3.05) is 19.3 Å². The summed E-state index contributed by atoms with van der Waals surface area (Å²) >= 11 is 1.47. The molecule has 0 aromatic heterocycles. The lowest BCUT2D eigenvalue weighted by atomic mass is 9.98. The Labute approximate surface area is 213 Å². The third kappa shape index (κ3) is 6.15. The Kier molecular flexibility index (Phi) is 8.31. The Balaban J connectivity index is 1.69. The topological polar surface area (TPSA) is 57.7 Å². The van der Waals surface area contributed by atoms with Gasteiger partial charge in [0.1, 0.15) is 0 Å². The number of amides is 1. The third-order valence-corrected chi connectivity index (χ3v) is 9.10. The first-order valence-corrected chi connectivity index (χ1v) is 14.6. The summed E-state index contributed by atoms with van der Waals surface area (Å²) in [5, 5.41) is 0. The van der Waals surface area contributed by atoms with Gasteiger partial charge in [-0.2, -0.15) is 4.31 Å². The lowest BCUT2D eigenvalue weighted by Crippen LogP contribution is -2.38. The van der Waals surface area contributed by atoms with E-state index in [9.17, 15) is 13.2 Å². The number of rotatable bonds is 8. The van der Waals surface area contributed by atoms with Gasteiger partial charge in [0.25, 0.3) is 5.91 Å². The van der Waals surface area contributed by atoms with Crippen molar-refractivity contribution in [2.45, 2.75) is 42.6 Å². The summed E-state index contributed by atoms with van der Waals surface area (Å²) in [6, 6.07) is 24.1. The van der Waals surface area contributed by atoms with Crippen molar-refractivity contribution < 1.29 is 13.2 Å². The standard InChI is InChI=1S/C28H32N2O3S2/c1-22-15-17-29(18-16-22)28(31)26-19-25(13-14-27(26)34-2)35(32,33)30(20-23-9-5-3-6-10-23)21-24-11-7-4-8-12-24/h3-14,19,22H,15-18,20-21H2,1-2H3. The number of carbonyl (C=O) groups excluding carboxylic acids is 1. The summed E-state index contributed by atoms with van der Waals surface area (Å²) in [6.45, 7) is 4.11. The van der Waals surface area contributed by atoms with E-state index in [1.54, 1.807) is 18.2 Å². The number of likely N-dealkylation sites (tertiary alicyclic amines) is 1. The number of carbonyl (C=O) groups is 1. The van der Waals surface area contributed by atoms with Crippen LogP contribution in [0.3, 0.4) is 0 Å². The molecule has 0 atom stereocenters. The molecular formula is C28H32N2O3S2. The zero-order valence-corrected chi connectivity index (χ0v) is 21.9. The minimum absolute atomic E-state index is 0.0871. The van der Waals surface area contributed by atoms with Crippen LogP contribution in [-0.4, -0.2) is 42.9 Å². The number of thioether (sulfide) groups is 1. The van der Waals surface area contributed by atoms with Crippen molar-refractivity contribution in [3.8, 4) is 0 Å². The van der Waals surface area contributed by atoms with Crippen molar-refractivity contribution in [2.24, 2.45) is 5.92 Å². The molecule has 1 fully saturated rings. The quantitative estimate of drug-likeness (QED) is 0.368. The second-order valence-corrected chi connectivity index (χ2v) is 11.9. The van der Waals surface area contributed by atoms with Crippen LogP contribution in [-0.2, 0) is 23.1 Å². The molecule has 0 bridgehead atoms. The molecule has 35 heavy (non-hydrogen) atoms. The van der Waals surface area contributed by atoms with Gasteiger partial charge in [-0.3, -0.25) is 4.79 Å². The van der Waals surface area contributed by atoms with Gasteiger partial charge in [0.15, 0.2) is 0 Å². The number of hydrogen-bond acceptors (Lipinski definition) is 4. The van der Waals surface area contributed by atoms with Crippen LogP contribution in [0, 0.1) is 5.92 Å². The molecule has 1 aliphatic rings. The average Bonchev–Trinajstić information content (AvgIpc) is 2.89. The number of sulfonamides is 1. The van der Waals surface area contributed by atoms with Crippen LogP contribution in [0.1, 0.15) is 41.3 Å². The van der Waals surface area contributed by atoms with Crippen molar-refractivity contribution in [1.29, 1.82) is 0 Å². The van der Waals surface area contributed by atoms with Crippen LogP contribution in [0.4, 0.5) is 0 Å². The van der Waals surface area contributed by atoms with Crippen molar-refractivity contribution in [3.63, 3.8) is 0 Å². The largest absolute Gasteiger partial charge is 0.339 e. The van der Waals surface area contributed by atoms with Gasteiger partial charge in [0.05, 0.1) is 10.5 Å². The predicted octanol–water partition coefficient (Wildman–Crippen LogP) is 5.67. The molecule has 1 amide bonds. The maximum Gasteiger partial charge on any atom is 0.255 e. The van der Waals surface area contributed by atoms with Gasteiger partial charge >= 0.3 is 0 Å². The zero-order chi connectivity index (χ0) is 24.8. The van der Waals surface area contributed by atoms with Gasteiger partial charge < -0.3 is 4.90 Å². The van der Waals surface area contributed by atoms with E-state index in [4.69, 9.17) is 0 Å². The van der Waals surface area contributed by atoms with E-state index < -0.39 is 10.0 Å². The molecule has 7 heteroatoms. The summed E-state index contributed by atoms with van der Waals surface area (Å²) in [5.74, 6) is 0.520. The van der Waals surface area contributed by atoms with E-state index >= 15 is 0 Å². The fourth-order valence-corrected chi connectivity index (χ4v) is 6.36. The Morgan fingerprint density at radius 1 is 0.914 bits per heavy atom. The van der Waals surface area contributed by atoms with E-state index in [0.717, 1.165) is 28.9 Å². The smallest absolute Gasteiger partial charge is 0.255 e. The summed E-state index contributed by atoms with van der Waals surface area (Å²) < 4.78 is 29.3. The molecule has 0 N–H and O–H groups in total. The van der Waals surface area contributed by atoms with E-state index in [1.165, 1.54) is 16.1 Å². The average molecular weight is 509 g/mol. The Morgan fingerprint density at radius 3 is 1.97 bits per heavy atom. The summed E-state index contributed by atoms with van der Waals surface area (Å²) in [5.41, 5.74) is 2.28. The van der Waals surface area contributed by atoms with E-state index in [-0.39, 0.29) is 23.9 Å². The first kappa shape index (κ1) is 25.5. The number of benzene rings is 3. The van der Waals surface area contributed by atoms with E-state index in [2.05, 4.69) is 6.92 Å². The van der Waals surface area contributed by atoms with E-state index in [1.807, 2.05) is 71.8 Å². The Morgan fingerprint density at radius 2 is 1.46 bits per heavy atom. The highest BCUT2D eigenvalue weighted by Crippen LogP contribution is 2.29. The molecule has 3 aromatic carbocycles. The molecule has 5 nitrogen and oxygen atoms in total. The normalized spacial score (nSPS) is 14.9. The summed E-state index contributed by atoms with van der Waals surface area (Å²) in [7, 11) is -3.86. The summed E-state index contributed by atoms with van der Waals surface area (Å²) in [4.78, 5) is 16.2. The lowest BCUT2D eigenvalue weighted by Gasteiger charge is -2.31. The van der Waals surface area contributed by atoms with Crippen molar-refractivity contribution in [1.82, 2.24) is 9.21 Å². The molecule has 0 radical (unpaired) electrons. The van der Waals surface area contributed by atoms with Gasteiger partial charge in [-0.05, 0) is 54.3 Å². The van der Waals surface area contributed by atoms with Crippen LogP contribution >= 0.6 is 11.8 Å². The molecule has 1 saturated heterocycles. The van der Waals surface area contributed by atoms with Crippen LogP contribution < -0.4 is 0 Å². The maximum atomic E-state index is 13.9. The van der Waals surface area contributed by atoms with Gasteiger partial charge in [-0.25, -0.2) is 8.42 Å². The summed E-state index contributed by atoms with van der Waals surface area (Å²) in [6.07, 6.45) is 3.86. The van der Waals surface area contributed by atoms with Gasteiger partial charge in [0.2, 0.25) is 10.0 Å². The SMILES string of the molecule is CSc1ccc(S(=O)(=O)N(Cc2ccccc2)Cc2ccccc2)cc1C(=O)N1CCC(C)CC1. The number of nitrogens with zero attached hydrogens (tertiary/aromatic N) is 2. The minimum Gasteiger partial charge on any atom is -0.339 e. The predicted molar refractivity (Wildman–Crippen MR) is 142 cm³/mol.